The van der Waals surface area contributed by atoms with Crippen LogP contribution in [0.2, 0.25) is 0 Å². The summed E-state index contributed by atoms with van der Waals surface area (Å²) in [6, 6.07) is 17.1. The lowest BCUT2D eigenvalue weighted by Gasteiger charge is -2.08. The maximum Gasteiger partial charge on any atom is 0.251 e. The average Bonchev–Trinajstić information content (AvgIpc) is 2.98. The van der Waals surface area contributed by atoms with Gasteiger partial charge < -0.3 is 15.2 Å². The summed E-state index contributed by atoms with van der Waals surface area (Å²) < 4.78 is 2.12. The second-order valence-electron chi connectivity index (χ2n) is 5.58. The quantitative estimate of drug-likeness (QED) is 0.759. The Balaban J connectivity index is 1.56. The van der Waals surface area contributed by atoms with Crippen molar-refractivity contribution in [1.82, 2.24) is 9.88 Å². The predicted molar refractivity (Wildman–Crippen MR) is 95.0 cm³/mol. The molecule has 0 radical (unpaired) electrons. The number of hydrogen-bond acceptors (Lipinski definition) is 2. The fraction of sp³-hybridized carbons (Fsp3) is 0.158. The molecule has 122 valence electrons. The standard InChI is InChI=1S/C19H19N3O2/c1-14(23)21-17-8-6-16(7-9-17)19(24)20-11-13-22-12-10-15-4-2-3-5-18(15)22/h2-10,12H,11,13H2,1H3,(H,20,24)(H,21,23). The molecule has 0 aliphatic carbocycles. The molecule has 0 saturated heterocycles. The smallest absolute Gasteiger partial charge is 0.251 e. The molecule has 0 fully saturated rings. The van der Waals surface area contributed by atoms with Crippen LogP contribution in [-0.2, 0) is 11.3 Å². The molecule has 0 bridgehead atoms. The summed E-state index contributed by atoms with van der Waals surface area (Å²) in [5.41, 5.74) is 2.41. The van der Waals surface area contributed by atoms with Crippen molar-refractivity contribution in [3.63, 3.8) is 0 Å². The largest absolute Gasteiger partial charge is 0.350 e. The maximum atomic E-state index is 12.2. The Morgan fingerprint density at radius 1 is 1.00 bits per heavy atom. The van der Waals surface area contributed by atoms with E-state index < -0.39 is 0 Å². The van der Waals surface area contributed by atoms with E-state index in [1.54, 1.807) is 24.3 Å². The molecule has 0 atom stereocenters. The highest BCUT2D eigenvalue weighted by Gasteiger charge is 2.06. The minimum absolute atomic E-state index is 0.124. The van der Waals surface area contributed by atoms with Gasteiger partial charge in [-0.25, -0.2) is 0 Å². The van der Waals surface area contributed by atoms with Crippen LogP contribution < -0.4 is 10.6 Å². The van der Waals surface area contributed by atoms with E-state index in [1.165, 1.54) is 12.3 Å². The lowest BCUT2D eigenvalue weighted by atomic mass is 10.2. The Labute approximate surface area is 140 Å². The molecule has 0 saturated carbocycles. The van der Waals surface area contributed by atoms with Gasteiger partial charge in [0.1, 0.15) is 0 Å². The highest BCUT2D eigenvalue weighted by Crippen LogP contribution is 2.14. The molecule has 0 unspecified atom stereocenters. The number of aromatic nitrogens is 1. The third kappa shape index (κ3) is 3.63. The van der Waals surface area contributed by atoms with Crippen molar-refractivity contribution in [2.45, 2.75) is 13.5 Å². The molecule has 0 spiro atoms. The molecule has 5 nitrogen and oxygen atoms in total. The van der Waals surface area contributed by atoms with Crippen LogP contribution in [0.1, 0.15) is 17.3 Å². The summed E-state index contributed by atoms with van der Waals surface area (Å²) in [5.74, 6) is -0.257. The number of hydrogen-bond donors (Lipinski definition) is 2. The first-order valence-electron chi connectivity index (χ1n) is 7.83. The first-order chi connectivity index (χ1) is 11.6. The number of carbonyl (C=O) groups excluding carboxylic acids is 2. The van der Waals surface area contributed by atoms with Crippen molar-refractivity contribution < 1.29 is 9.59 Å². The number of fused-ring (bicyclic) bond motifs is 1. The lowest BCUT2D eigenvalue weighted by Crippen LogP contribution is -2.27. The van der Waals surface area contributed by atoms with Crippen molar-refractivity contribution >= 4 is 28.4 Å². The van der Waals surface area contributed by atoms with Gasteiger partial charge in [0.2, 0.25) is 5.91 Å². The van der Waals surface area contributed by atoms with Crippen LogP contribution in [0.15, 0.2) is 60.8 Å². The van der Waals surface area contributed by atoms with Crippen LogP contribution in [0, 0.1) is 0 Å². The Morgan fingerprint density at radius 2 is 1.75 bits per heavy atom. The van der Waals surface area contributed by atoms with Crippen LogP contribution in [0.4, 0.5) is 5.69 Å². The number of nitrogens with one attached hydrogen (secondary N) is 2. The van der Waals surface area contributed by atoms with Gasteiger partial charge in [-0.2, -0.15) is 0 Å². The molecule has 0 aliphatic rings. The van der Waals surface area contributed by atoms with Crippen molar-refractivity contribution in [3.05, 3.63) is 66.4 Å². The van der Waals surface area contributed by atoms with Crippen molar-refractivity contribution in [3.8, 4) is 0 Å². The van der Waals surface area contributed by atoms with Gasteiger partial charge in [0.05, 0.1) is 0 Å². The number of nitrogens with zero attached hydrogens (tertiary/aromatic N) is 1. The number of rotatable bonds is 5. The Morgan fingerprint density at radius 3 is 2.50 bits per heavy atom. The summed E-state index contributed by atoms with van der Waals surface area (Å²) in [6.07, 6.45) is 2.03. The van der Waals surface area contributed by atoms with Crippen molar-refractivity contribution in [2.24, 2.45) is 0 Å². The van der Waals surface area contributed by atoms with Gasteiger partial charge in [-0.05, 0) is 41.8 Å². The Hall–Kier alpha value is -3.08. The normalized spacial score (nSPS) is 10.5. The molecular formula is C19H19N3O2. The number of para-hydroxylation sites is 1. The molecule has 5 heteroatoms. The summed E-state index contributed by atoms with van der Waals surface area (Å²) in [6.45, 7) is 2.71. The zero-order valence-corrected chi connectivity index (χ0v) is 13.5. The van der Waals surface area contributed by atoms with Gasteiger partial charge in [0, 0.05) is 43.0 Å². The molecule has 2 aromatic carbocycles. The van der Waals surface area contributed by atoms with E-state index in [2.05, 4.69) is 33.4 Å². The van der Waals surface area contributed by atoms with E-state index in [1.807, 2.05) is 18.3 Å². The molecular weight excluding hydrogens is 302 g/mol. The van der Waals surface area contributed by atoms with Crippen molar-refractivity contribution in [2.75, 3.05) is 11.9 Å². The molecule has 2 amide bonds. The number of benzene rings is 2. The van der Waals surface area contributed by atoms with E-state index in [9.17, 15) is 9.59 Å². The van der Waals surface area contributed by atoms with Gasteiger partial charge >= 0.3 is 0 Å². The van der Waals surface area contributed by atoms with Gasteiger partial charge in [0.25, 0.3) is 5.91 Å². The van der Waals surface area contributed by atoms with E-state index in [-0.39, 0.29) is 11.8 Å². The molecule has 3 rings (SSSR count). The van der Waals surface area contributed by atoms with Gasteiger partial charge in [-0.1, -0.05) is 18.2 Å². The first-order valence-corrected chi connectivity index (χ1v) is 7.83. The van der Waals surface area contributed by atoms with Crippen LogP contribution in [0.5, 0.6) is 0 Å². The fourth-order valence-corrected chi connectivity index (χ4v) is 2.64. The summed E-state index contributed by atoms with van der Waals surface area (Å²) in [7, 11) is 0. The van der Waals surface area contributed by atoms with Crippen LogP contribution in [0.3, 0.4) is 0 Å². The zero-order valence-electron chi connectivity index (χ0n) is 13.5. The Bertz CT molecular complexity index is 866. The second-order valence-corrected chi connectivity index (χ2v) is 5.58. The van der Waals surface area contributed by atoms with Gasteiger partial charge in [0.15, 0.2) is 0 Å². The van der Waals surface area contributed by atoms with E-state index in [4.69, 9.17) is 0 Å². The third-order valence-electron chi connectivity index (χ3n) is 3.79. The molecule has 24 heavy (non-hydrogen) atoms. The van der Waals surface area contributed by atoms with Crippen LogP contribution in [-0.4, -0.2) is 22.9 Å². The second kappa shape index (κ2) is 7.00. The number of anilines is 1. The van der Waals surface area contributed by atoms with Gasteiger partial charge in [-0.3, -0.25) is 9.59 Å². The topological polar surface area (TPSA) is 63.1 Å². The number of carbonyl (C=O) groups is 2. The van der Waals surface area contributed by atoms with E-state index >= 15 is 0 Å². The number of amides is 2. The summed E-state index contributed by atoms with van der Waals surface area (Å²) in [5, 5.41) is 6.78. The summed E-state index contributed by atoms with van der Waals surface area (Å²) in [4.78, 5) is 23.1. The van der Waals surface area contributed by atoms with E-state index in [0.717, 1.165) is 5.52 Å². The molecule has 0 aliphatic heterocycles. The molecule has 2 N–H and O–H groups in total. The maximum absolute atomic E-state index is 12.2. The lowest BCUT2D eigenvalue weighted by molar-refractivity contribution is -0.114. The first kappa shape index (κ1) is 15.8. The minimum Gasteiger partial charge on any atom is -0.350 e. The van der Waals surface area contributed by atoms with Crippen molar-refractivity contribution in [1.29, 1.82) is 0 Å². The zero-order chi connectivity index (χ0) is 16.9. The predicted octanol–water partition coefficient (Wildman–Crippen LogP) is 3.03. The van der Waals surface area contributed by atoms with Gasteiger partial charge in [-0.15, -0.1) is 0 Å². The van der Waals surface area contributed by atoms with Crippen LogP contribution >= 0.6 is 0 Å². The summed E-state index contributed by atoms with van der Waals surface area (Å²) >= 11 is 0. The monoisotopic (exact) mass is 321 g/mol. The van der Waals surface area contributed by atoms with Crippen LogP contribution in [0.25, 0.3) is 10.9 Å². The molecule has 1 aromatic heterocycles. The fourth-order valence-electron chi connectivity index (χ4n) is 2.64. The third-order valence-corrected chi connectivity index (χ3v) is 3.79. The SMILES string of the molecule is CC(=O)Nc1ccc(C(=O)NCCn2ccc3ccccc32)cc1. The highest BCUT2D eigenvalue weighted by molar-refractivity contribution is 5.95. The molecule has 3 aromatic rings. The highest BCUT2D eigenvalue weighted by atomic mass is 16.2. The molecule has 1 heterocycles. The average molecular weight is 321 g/mol. The Kier molecular flexibility index (Phi) is 4.61. The minimum atomic E-state index is -0.133. The van der Waals surface area contributed by atoms with E-state index in [0.29, 0.717) is 24.3 Å².